The molecule has 8 heteroatoms. The van der Waals surface area contributed by atoms with Gasteiger partial charge in [0.2, 0.25) is 11.9 Å². The van der Waals surface area contributed by atoms with E-state index < -0.39 is 17.8 Å². The van der Waals surface area contributed by atoms with Crippen molar-refractivity contribution in [3.8, 4) is 12.1 Å². The van der Waals surface area contributed by atoms with Gasteiger partial charge in [-0.3, -0.25) is 4.79 Å². The van der Waals surface area contributed by atoms with Gasteiger partial charge in [0.15, 0.2) is 0 Å². The molecule has 1 rings (SSSR count). The zero-order valence-electron chi connectivity index (χ0n) is 8.86. The standard InChI is InChI=1S/C9H8N6O2/c1-17-14-7(5-10)9(16)13-8(6-11)15-4-2-3-12-15/h2-4,8H,1H3,(H,13,16). The molecule has 0 spiro atoms. The fourth-order valence-corrected chi connectivity index (χ4v) is 0.987. The second-order valence-electron chi connectivity index (χ2n) is 2.73. The summed E-state index contributed by atoms with van der Waals surface area (Å²) in [5.74, 6) is -0.809. The van der Waals surface area contributed by atoms with Crippen molar-refractivity contribution in [3.63, 3.8) is 0 Å². The molecule has 0 aromatic carbocycles. The van der Waals surface area contributed by atoms with Gasteiger partial charge in [-0.25, -0.2) is 4.68 Å². The lowest BCUT2D eigenvalue weighted by atomic mass is 10.3. The Kier molecular flexibility index (Phi) is 4.22. The molecule has 0 saturated heterocycles. The van der Waals surface area contributed by atoms with E-state index in [1.165, 1.54) is 24.2 Å². The third-order valence-corrected chi connectivity index (χ3v) is 1.68. The smallest absolute Gasteiger partial charge is 0.286 e. The molecule has 0 fully saturated rings. The molecule has 17 heavy (non-hydrogen) atoms. The van der Waals surface area contributed by atoms with Gasteiger partial charge in [0.25, 0.3) is 5.91 Å². The fraction of sp³-hybridized carbons (Fsp3) is 0.222. The van der Waals surface area contributed by atoms with Gasteiger partial charge >= 0.3 is 0 Å². The summed E-state index contributed by atoms with van der Waals surface area (Å²) in [6, 6.07) is 4.97. The van der Waals surface area contributed by atoms with E-state index in [-0.39, 0.29) is 0 Å². The molecule has 1 unspecified atom stereocenters. The highest BCUT2D eigenvalue weighted by Crippen LogP contribution is 1.98. The van der Waals surface area contributed by atoms with Crippen LogP contribution in [0.25, 0.3) is 0 Å². The van der Waals surface area contributed by atoms with E-state index in [4.69, 9.17) is 10.5 Å². The quantitative estimate of drug-likeness (QED) is 0.557. The molecule has 0 bridgehead atoms. The Labute approximate surface area is 96.7 Å². The molecule has 0 radical (unpaired) electrons. The highest BCUT2D eigenvalue weighted by atomic mass is 16.6. The summed E-state index contributed by atoms with van der Waals surface area (Å²) < 4.78 is 1.24. The maximum absolute atomic E-state index is 11.5. The average molecular weight is 232 g/mol. The van der Waals surface area contributed by atoms with Crippen LogP contribution < -0.4 is 5.32 Å². The van der Waals surface area contributed by atoms with Gasteiger partial charge < -0.3 is 10.2 Å². The van der Waals surface area contributed by atoms with Gasteiger partial charge in [0.1, 0.15) is 19.2 Å². The van der Waals surface area contributed by atoms with E-state index in [2.05, 4.69) is 20.4 Å². The van der Waals surface area contributed by atoms with Crippen LogP contribution in [0.1, 0.15) is 6.17 Å². The van der Waals surface area contributed by atoms with Crippen molar-refractivity contribution < 1.29 is 9.63 Å². The van der Waals surface area contributed by atoms with E-state index in [1.54, 1.807) is 12.1 Å². The Bertz CT molecular complexity index is 493. The van der Waals surface area contributed by atoms with Gasteiger partial charge in [-0.1, -0.05) is 5.16 Å². The van der Waals surface area contributed by atoms with Crippen LogP contribution in [-0.2, 0) is 9.63 Å². The minimum absolute atomic E-state index is 0.472. The Hall–Kier alpha value is -2.87. The van der Waals surface area contributed by atoms with Crippen LogP contribution in [-0.4, -0.2) is 28.5 Å². The maximum atomic E-state index is 11.5. The van der Waals surface area contributed by atoms with E-state index in [0.717, 1.165) is 0 Å². The van der Waals surface area contributed by atoms with Crippen molar-refractivity contribution >= 4 is 11.6 Å². The predicted octanol–water partition coefficient (Wildman–Crippen LogP) is -0.453. The lowest BCUT2D eigenvalue weighted by molar-refractivity contribution is -0.115. The Morgan fingerprint density at radius 1 is 1.65 bits per heavy atom. The normalized spacial score (nSPS) is 12.1. The predicted molar refractivity (Wildman–Crippen MR) is 55.1 cm³/mol. The van der Waals surface area contributed by atoms with Gasteiger partial charge in [-0.2, -0.15) is 15.6 Å². The first-order valence-corrected chi connectivity index (χ1v) is 4.43. The first kappa shape index (κ1) is 12.2. The van der Waals surface area contributed by atoms with Crippen LogP contribution in [0.3, 0.4) is 0 Å². The number of nitrogens with zero attached hydrogens (tertiary/aromatic N) is 5. The number of nitrogens with one attached hydrogen (secondary N) is 1. The number of aromatic nitrogens is 2. The molecule has 0 aliphatic rings. The van der Waals surface area contributed by atoms with Crippen LogP contribution in [0.15, 0.2) is 23.6 Å². The lowest BCUT2D eigenvalue weighted by Crippen LogP contribution is -2.36. The number of nitriles is 2. The molecule has 0 aliphatic heterocycles. The molecular formula is C9H8N6O2. The van der Waals surface area contributed by atoms with Crippen molar-refractivity contribution in [2.75, 3.05) is 7.11 Å². The van der Waals surface area contributed by atoms with Gasteiger partial charge in [-0.05, 0) is 6.07 Å². The van der Waals surface area contributed by atoms with Gasteiger partial charge in [0, 0.05) is 12.4 Å². The summed E-state index contributed by atoms with van der Waals surface area (Å²) in [6.45, 7) is 0. The highest BCUT2D eigenvalue weighted by molar-refractivity contribution is 6.45. The van der Waals surface area contributed by atoms with E-state index in [0.29, 0.717) is 0 Å². The van der Waals surface area contributed by atoms with Crippen LogP contribution in [0.2, 0.25) is 0 Å². The van der Waals surface area contributed by atoms with Crippen molar-refractivity contribution in [1.82, 2.24) is 15.1 Å². The third kappa shape index (κ3) is 3.04. The number of rotatable bonds is 4. The molecule has 86 valence electrons. The van der Waals surface area contributed by atoms with E-state index in [1.807, 2.05) is 6.07 Å². The summed E-state index contributed by atoms with van der Waals surface area (Å²) in [4.78, 5) is 15.8. The number of oxime groups is 1. The molecule has 1 aromatic heterocycles. The number of carbonyl (C=O) groups excluding carboxylic acids is 1. The molecular weight excluding hydrogens is 224 g/mol. The summed E-state index contributed by atoms with van der Waals surface area (Å²) in [7, 11) is 1.21. The Morgan fingerprint density at radius 3 is 2.88 bits per heavy atom. The fourth-order valence-electron chi connectivity index (χ4n) is 0.987. The molecule has 1 aromatic rings. The number of hydrogen-bond donors (Lipinski definition) is 1. The zero-order chi connectivity index (χ0) is 12.7. The largest absolute Gasteiger partial charge is 0.398 e. The van der Waals surface area contributed by atoms with Crippen LogP contribution in [0.5, 0.6) is 0 Å². The van der Waals surface area contributed by atoms with E-state index in [9.17, 15) is 4.79 Å². The first-order valence-electron chi connectivity index (χ1n) is 4.43. The Balaban J connectivity index is 2.78. The summed E-state index contributed by atoms with van der Waals surface area (Å²) in [6.07, 6.45) is 1.96. The van der Waals surface area contributed by atoms with Crippen LogP contribution >= 0.6 is 0 Å². The molecule has 8 nitrogen and oxygen atoms in total. The second kappa shape index (κ2) is 5.88. The van der Waals surface area contributed by atoms with Crippen molar-refractivity contribution in [2.24, 2.45) is 5.16 Å². The highest BCUT2D eigenvalue weighted by Gasteiger charge is 2.18. The van der Waals surface area contributed by atoms with Crippen molar-refractivity contribution in [1.29, 1.82) is 10.5 Å². The number of hydrogen-bond acceptors (Lipinski definition) is 6. The molecule has 0 saturated carbocycles. The minimum atomic E-state index is -1.01. The molecule has 0 aliphatic carbocycles. The molecule has 1 amide bonds. The van der Waals surface area contributed by atoms with E-state index >= 15 is 0 Å². The maximum Gasteiger partial charge on any atom is 0.286 e. The zero-order valence-corrected chi connectivity index (χ0v) is 8.86. The van der Waals surface area contributed by atoms with Gasteiger partial charge in [0.05, 0.1) is 0 Å². The topological polar surface area (TPSA) is 116 Å². The number of carbonyl (C=O) groups is 1. The molecule has 1 atom stereocenters. The third-order valence-electron chi connectivity index (χ3n) is 1.68. The summed E-state index contributed by atoms with van der Waals surface area (Å²) >= 11 is 0. The monoisotopic (exact) mass is 232 g/mol. The molecule has 1 N–H and O–H groups in total. The lowest BCUT2D eigenvalue weighted by Gasteiger charge is -2.10. The number of amides is 1. The van der Waals surface area contributed by atoms with Crippen LogP contribution in [0, 0.1) is 22.7 Å². The second-order valence-corrected chi connectivity index (χ2v) is 2.73. The summed E-state index contributed by atoms with van der Waals surface area (Å²) in [5.41, 5.74) is -0.472. The summed E-state index contributed by atoms with van der Waals surface area (Å²) in [5, 5.41) is 26.8. The SMILES string of the molecule is CON=C(C#N)C(=O)NC(C#N)n1cccn1. The first-order chi connectivity index (χ1) is 8.22. The minimum Gasteiger partial charge on any atom is -0.398 e. The van der Waals surface area contributed by atoms with Crippen molar-refractivity contribution in [3.05, 3.63) is 18.5 Å². The van der Waals surface area contributed by atoms with Gasteiger partial charge in [-0.15, -0.1) is 0 Å². The molecule has 1 heterocycles. The average Bonchev–Trinajstić information content (AvgIpc) is 2.86. The van der Waals surface area contributed by atoms with Crippen molar-refractivity contribution in [2.45, 2.75) is 6.17 Å². The van der Waals surface area contributed by atoms with Crippen LogP contribution in [0.4, 0.5) is 0 Å². The Morgan fingerprint density at radius 2 is 2.41 bits per heavy atom.